The van der Waals surface area contributed by atoms with Crippen molar-refractivity contribution in [1.82, 2.24) is 14.6 Å². The number of carboxylic acid groups (broad SMARTS) is 1. The van der Waals surface area contributed by atoms with Crippen LogP contribution in [-0.2, 0) is 0 Å². The van der Waals surface area contributed by atoms with Crippen molar-refractivity contribution in [3.63, 3.8) is 0 Å². The molecule has 6 nitrogen and oxygen atoms in total. The third-order valence-corrected chi connectivity index (χ3v) is 1.97. The van der Waals surface area contributed by atoms with Crippen molar-refractivity contribution in [2.45, 2.75) is 6.92 Å². The zero-order valence-electron chi connectivity index (χ0n) is 7.43. The van der Waals surface area contributed by atoms with Crippen molar-refractivity contribution in [2.75, 3.05) is 5.73 Å². The molecule has 0 fully saturated rings. The van der Waals surface area contributed by atoms with E-state index in [9.17, 15) is 4.79 Å². The van der Waals surface area contributed by atoms with Crippen LogP contribution in [0.15, 0.2) is 12.4 Å². The molecule has 0 unspecified atom stereocenters. The second-order valence-corrected chi connectivity index (χ2v) is 2.93. The predicted molar refractivity (Wildman–Crippen MR) is 49.1 cm³/mol. The lowest BCUT2D eigenvalue weighted by atomic mass is 10.3. The molecule has 0 saturated carbocycles. The molecule has 2 heterocycles. The van der Waals surface area contributed by atoms with Crippen LogP contribution in [0.5, 0.6) is 0 Å². The van der Waals surface area contributed by atoms with E-state index in [0.29, 0.717) is 5.65 Å². The number of aromatic carboxylic acids is 1. The van der Waals surface area contributed by atoms with Crippen LogP contribution in [0.1, 0.15) is 15.9 Å². The molecular formula is C8H8N4O2. The SMILES string of the molecule is Cc1cnn2c(N)c(C(=O)O)cnc12. The van der Waals surface area contributed by atoms with E-state index in [1.54, 1.807) is 6.20 Å². The number of carbonyl (C=O) groups is 1. The standard InChI is InChI=1S/C8H8N4O2/c1-4-2-11-12-6(9)5(8(13)14)3-10-7(4)12/h2-3H,9H2,1H3,(H,13,14). The topological polar surface area (TPSA) is 93.5 Å². The Hall–Kier alpha value is -2.11. The molecule has 14 heavy (non-hydrogen) atoms. The minimum atomic E-state index is -1.11. The number of hydrogen-bond donors (Lipinski definition) is 2. The van der Waals surface area contributed by atoms with Gasteiger partial charge in [0.25, 0.3) is 0 Å². The number of fused-ring (bicyclic) bond motifs is 1. The van der Waals surface area contributed by atoms with Gasteiger partial charge in [-0.05, 0) is 6.92 Å². The minimum Gasteiger partial charge on any atom is -0.477 e. The second kappa shape index (κ2) is 2.69. The maximum Gasteiger partial charge on any atom is 0.341 e. The first-order valence-electron chi connectivity index (χ1n) is 3.93. The zero-order valence-corrected chi connectivity index (χ0v) is 7.43. The summed E-state index contributed by atoms with van der Waals surface area (Å²) in [4.78, 5) is 14.7. The molecule has 6 heteroatoms. The lowest BCUT2D eigenvalue weighted by Crippen LogP contribution is -2.09. The maximum atomic E-state index is 10.7. The predicted octanol–water partition coefficient (Wildman–Crippen LogP) is 0.318. The lowest BCUT2D eigenvalue weighted by Gasteiger charge is -2.02. The Labute approximate surface area is 79.0 Å². The number of nitrogen functional groups attached to an aromatic ring is 1. The molecule has 2 rings (SSSR count). The maximum absolute atomic E-state index is 10.7. The fourth-order valence-electron chi connectivity index (χ4n) is 1.23. The van der Waals surface area contributed by atoms with Crippen LogP contribution in [0, 0.1) is 6.92 Å². The van der Waals surface area contributed by atoms with E-state index in [4.69, 9.17) is 10.8 Å². The number of carboxylic acids is 1. The number of anilines is 1. The van der Waals surface area contributed by atoms with Crippen LogP contribution < -0.4 is 5.73 Å². The number of nitrogens with two attached hydrogens (primary N) is 1. The summed E-state index contributed by atoms with van der Waals surface area (Å²) in [7, 11) is 0. The fourth-order valence-corrected chi connectivity index (χ4v) is 1.23. The van der Waals surface area contributed by atoms with Gasteiger partial charge in [0, 0.05) is 11.8 Å². The molecule has 2 aromatic heterocycles. The van der Waals surface area contributed by atoms with Gasteiger partial charge in [-0.3, -0.25) is 0 Å². The first-order valence-corrected chi connectivity index (χ1v) is 3.93. The van der Waals surface area contributed by atoms with Crippen molar-refractivity contribution in [1.29, 1.82) is 0 Å². The molecule has 0 aliphatic carbocycles. The van der Waals surface area contributed by atoms with Gasteiger partial charge in [0.05, 0.1) is 6.20 Å². The van der Waals surface area contributed by atoms with Crippen LogP contribution in [-0.4, -0.2) is 25.7 Å². The van der Waals surface area contributed by atoms with Crippen LogP contribution in [0.3, 0.4) is 0 Å². The quantitative estimate of drug-likeness (QED) is 0.678. The van der Waals surface area contributed by atoms with Crippen molar-refractivity contribution in [3.05, 3.63) is 23.5 Å². The average Bonchev–Trinajstić information content (AvgIpc) is 2.49. The number of hydrogen-bond acceptors (Lipinski definition) is 4. The Balaban J connectivity index is 2.82. The summed E-state index contributed by atoms with van der Waals surface area (Å²) in [6, 6.07) is 0. The normalized spacial score (nSPS) is 10.6. The summed E-state index contributed by atoms with van der Waals surface area (Å²) >= 11 is 0. The van der Waals surface area contributed by atoms with Crippen LogP contribution in [0.2, 0.25) is 0 Å². The number of rotatable bonds is 1. The molecule has 0 bridgehead atoms. The molecule has 0 saturated heterocycles. The second-order valence-electron chi connectivity index (χ2n) is 2.93. The average molecular weight is 192 g/mol. The van der Waals surface area contributed by atoms with Gasteiger partial charge in [-0.15, -0.1) is 0 Å². The molecule has 0 aromatic carbocycles. The van der Waals surface area contributed by atoms with E-state index < -0.39 is 5.97 Å². The van der Waals surface area contributed by atoms with Gasteiger partial charge in [0.1, 0.15) is 11.4 Å². The molecular weight excluding hydrogens is 184 g/mol. The zero-order chi connectivity index (χ0) is 10.3. The van der Waals surface area contributed by atoms with E-state index in [1.165, 1.54) is 10.7 Å². The molecule has 2 aromatic rings. The van der Waals surface area contributed by atoms with Crippen molar-refractivity contribution in [3.8, 4) is 0 Å². The van der Waals surface area contributed by atoms with Crippen molar-refractivity contribution in [2.24, 2.45) is 0 Å². The fraction of sp³-hybridized carbons (Fsp3) is 0.125. The van der Waals surface area contributed by atoms with Gasteiger partial charge in [0.15, 0.2) is 5.65 Å². The Morgan fingerprint density at radius 3 is 2.93 bits per heavy atom. The highest BCUT2D eigenvalue weighted by atomic mass is 16.4. The molecule has 3 N–H and O–H groups in total. The first-order chi connectivity index (χ1) is 6.61. The van der Waals surface area contributed by atoms with E-state index >= 15 is 0 Å². The van der Waals surface area contributed by atoms with Gasteiger partial charge in [-0.25, -0.2) is 9.78 Å². The molecule has 72 valence electrons. The summed E-state index contributed by atoms with van der Waals surface area (Å²) in [5.41, 5.74) is 7.00. The molecule has 0 aliphatic rings. The van der Waals surface area contributed by atoms with Gasteiger partial charge in [0.2, 0.25) is 0 Å². The van der Waals surface area contributed by atoms with Crippen LogP contribution >= 0.6 is 0 Å². The van der Waals surface area contributed by atoms with E-state index in [-0.39, 0.29) is 11.4 Å². The third-order valence-electron chi connectivity index (χ3n) is 1.97. The van der Waals surface area contributed by atoms with Crippen LogP contribution in [0.25, 0.3) is 5.65 Å². The summed E-state index contributed by atoms with van der Waals surface area (Å²) < 4.78 is 1.32. The summed E-state index contributed by atoms with van der Waals surface area (Å²) in [5, 5.41) is 12.7. The summed E-state index contributed by atoms with van der Waals surface area (Å²) in [5.74, 6) is -1.01. The number of nitrogens with zero attached hydrogens (tertiary/aromatic N) is 3. The Kier molecular flexibility index (Phi) is 1.63. The Morgan fingerprint density at radius 1 is 1.57 bits per heavy atom. The highest BCUT2D eigenvalue weighted by molar-refractivity contribution is 5.92. The monoisotopic (exact) mass is 192 g/mol. The van der Waals surface area contributed by atoms with Gasteiger partial charge in [-0.1, -0.05) is 0 Å². The van der Waals surface area contributed by atoms with E-state index in [1.807, 2.05) is 6.92 Å². The Bertz CT molecular complexity index is 517. The molecule has 0 aliphatic heterocycles. The Morgan fingerprint density at radius 2 is 2.29 bits per heavy atom. The van der Waals surface area contributed by atoms with Gasteiger partial charge >= 0.3 is 5.97 Å². The third kappa shape index (κ3) is 1.00. The van der Waals surface area contributed by atoms with Crippen molar-refractivity contribution >= 4 is 17.4 Å². The van der Waals surface area contributed by atoms with Crippen LogP contribution in [0.4, 0.5) is 5.82 Å². The van der Waals surface area contributed by atoms with Gasteiger partial charge < -0.3 is 10.8 Å². The largest absolute Gasteiger partial charge is 0.477 e. The molecule has 0 atom stereocenters. The lowest BCUT2D eigenvalue weighted by molar-refractivity contribution is 0.0697. The number of aromatic nitrogens is 3. The summed E-state index contributed by atoms with van der Waals surface area (Å²) in [6.07, 6.45) is 2.83. The van der Waals surface area contributed by atoms with Gasteiger partial charge in [-0.2, -0.15) is 9.61 Å². The highest BCUT2D eigenvalue weighted by Crippen LogP contribution is 2.14. The highest BCUT2D eigenvalue weighted by Gasteiger charge is 2.13. The molecule has 0 radical (unpaired) electrons. The van der Waals surface area contributed by atoms with E-state index in [0.717, 1.165) is 5.56 Å². The molecule has 0 spiro atoms. The summed E-state index contributed by atoms with van der Waals surface area (Å²) in [6.45, 7) is 1.83. The number of aryl methyl sites for hydroxylation is 1. The van der Waals surface area contributed by atoms with E-state index in [2.05, 4.69) is 10.1 Å². The van der Waals surface area contributed by atoms with Crippen molar-refractivity contribution < 1.29 is 9.90 Å². The smallest absolute Gasteiger partial charge is 0.341 e. The molecule has 0 amide bonds. The first kappa shape index (κ1) is 8.49. The minimum absolute atomic E-state index is 0.0411.